The van der Waals surface area contributed by atoms with Gasteiger partial charge in [0.15, 0.2) is 5.76 Å². The summed E-state index contributed by atoms with van der Waals surface area (Å²) in [6.07, 6.45) is 1.56. The molecule has 3 aromatic rings. The first-order valence-electron chi connectivity index (χ1n) is 7.33. The molecule has 0 unspecified atom stereocenters. The molecule has 0 bridgehead atoms. The van der Waals surface area contributed by atoms with E-state index in [1.807, 2.05) is 0 Å². The third-order valence-corrected chi connectivity index (χ3v) is 3.28. The number of rotatable bonds is 6. The summed E-state index contributed by atoms with van der Waals surface area (Å²) in [6, 6.07) is 11.1. The van der Waals surface area contributed by atoms with Crippen LogP contribution in [-0.4, -0.2) is 29.6 Å². The third kappa shape index (κ3) is 4.08. The Morgan fingerprint density at radius 2 is 2.12 bits per heavy atom. The van der Waals surface area contributed by atoms with E-state index >= 15 is 0 Å². The highest BCUT2D eigenvalue weighted by molar-refractivity contribution is 5.92. The van der Waals surface area contributed by atoms with Crippen LogP contribution in [0.4, 0.5) is 10.1 Å². The van der Waals surface area contributed by atoms with Gasteiger partial charge in [0, 0.05) is 18.3 Å². The van der Waals surface area contributed by atoms with Crippen molar-refractivity contribution in [3.63, 3.8) is 0 Å². The van der Waals surface area contributed by atoms with Gasteiger partial charge in [-0.05, 0) is 37.4 Å². The van der Waals surface area contributed by atoms with E-state index in [1.54, 1.807) is 48.5 Å². The molecule has 0 aliphatic rings. The quantitative estimate of drug-likeness (QED) is 0.752. The Hall–Kier alpha value is -2.93. The maximum absolute atomic E-state index is 13.1. The van der Waals surface area contributed by atoms with Crippen LogP contribution in [0.5, 0.6) is 0 Å². The van der Waals surface area contributed by atoms with Gasteiger partial charge in [0.25, 0.3) is 0 Å². The van der Waals surface area contributed by atoms with Crippen LogP contribution in [0, 0.1) is 5.82 Å². The lowest BCUT2D eigenvalue weighted by atomic mass is 10.3. The van der Waals surface area contributed by atoms with Gasteiger partial charge in [-0.2, -0.15) is 0 Å². The Balaban J connectivity index is 1.53. The van der Waals surface area contributed by atoms with Gasteiger partial charge in [0.05, 0.1) is 18.5 Å². The maximum atomic E-state index is 13.1. The molecule has 1 aromatic carbocycles. The largest absolute Gasteiger partial charge is 0.461 e. The predicted molar refractivity (Wildman–Crippen MR) is 85.6 cm³/mol. The lowest BCUT2D eigenvalue weighted by Gasteiger charge is -2.14. The molecule has 0 aliphatic heterocycles. The molecule has 2 heterocycles. The molecule has 0 saturated heterocycles. The second-order valence-corrected chi connectivity index (χ2v) is 5.39. The molecule has 0 spiro atoms. The predicted octanol–water partition coefficient (Wildman–Crippen LogP) is 3.14. The van der Waals surface area contributed by atoms with Gasteiger partial charge in [0.1, 0.15) is 5.82 Å². The minimum atomic E-state index is -0.394. The summed E-state index contributed by atoms with van der Waals surface area (Å²) in [7, 11) is 1.78. The molecule has 0 fully saturated rings. The van der Waals surface area contributed by atoms with Crippen molar-refractivity contribution in [3.05, 3.63) is 60.2 Å². The number of likely N-dealkylation sites (N-methyl/N-ethyl adjacent to an activating group) is 1. The van der Waals surface area contributed by atoms with Gasteiger partial charge in [-0.25, -0.2) is 4.39 Å². The number of nitrogens with one attached hydrogen (secondary N) is 1. The molecule has 2 aromatic heterocycles. The highest BCUT2D eigenvalue weighted by Crippen LogP contribution is 2.21. The number of nitrogens with zero attached hydrogens (tertiary/aromatic N) is 2. The molecule has 7 heteroatoms. The summed E-state index contributed by atoms with van der Waals surface area (Å²) in [5.74, 6) is 0.500. The molecule has 0 saturated carbocycles. The molecule has 0 aliphatic carbocycles. The van der Waals surface area contributed by atoms with Gasteiger partial charge in [-0.1, -0.05) is 11.2 Å². The van der Waals surface area contributed by atoms with Gasteiger partial charge < -0.3 is 14.3 Å². The zero-order valence-electron chi connectivity index (χ0n) is 13.0. The number of benzene rings is 1. The number of carbonyl (C=O) groups excluding carboxylic acids is 1. The van der Waals surface area contributed by atoms with Crippen molar-refractivity contribution < 1.29 is 18.1 Å². The van der Waals surface area contributed by atoms with Crippen molar-refractivity contribution in [1.29, 1.82) is 0 Å². The van der Waals surface area contributed by atoms with E-state index in [0.29, 0.717) is 29.4 Å². The summed E-state index contributed by atoms with van der Waals surface area (Å²) < 4.78 is 23.5. The van der Waals surface area contributed by atoms with Gasteiger partial charge in [0.2, 0.25) is 11.7 Å². The van der Waals surface area contributed by atoms with E-state index in [2.05, 4.69) is 10.5 Å². The molecule has 0 radical (unpaired) electrons. The maximum Gasteiger partial charge on any atom is 0.238 e. The van der Waals surface area contributed by atoms with E-state index in [4.69, 9.17) is 8.94 Å². The molecule has 6 nitrogen and oxygen atoms in total. The Labute approximate surface area is 137 Å². The summed E-state index contributed by atoms with van der Waals surface area (Å²) in [4.78, 5) is 13.8. The van der Waals surface area contributed by atoms with E-state index in [0.717, 1.165) is 0 Å². The van der Waals surface area contributed by atoms with Crippen LogP contribution in [0.2, 0.25) is 0 Å². The average molecular weight is 329 g/mol. The number of hydrogen-bond acceptors (Lipinski definition) is 5. The molecule has 0 atom stereocenters. The van der Waals surface area contributed by atoms with Crippen molar-refractivity contribution in [3.8, 4) is 11.5 Å². The van der Waals surface area contributed by atoms with Crippen LogP contribution in [0.25, 0.3) is 11.5 Å². The van der Waals surface area contributed by atoms with Gasteiger partial charge >= 0.3 is 0 Å². The Bertz CT molecular complexity index is 814. The fourth-order valence-electron chi connectivity index (χ4n) is 2.27. The molecular formula is C17H16FN3O3. The Morgan fingerprint density at radius 1 is 1.25 bits per heavy atom. The van der Waals surface area contributed by atoms with E-state index in [9.17, 15) is 9.18 Å². The number of amides is 1. The number of aromatic nitrogens is 1. The van der Waals surface area contributed by atoms with Crippen molar-refractivity contribution >= 4 is 11.6 Å². The van der Waals surface area contributed by atoms with Gasteiger partial charge in [-0.15, -0.1) is 0 Å². The number of hydrogen-bond donors (Lipinski definition) is 1. The number of halogens is 1. The molecule has 1 amide bonds. The Morgan fingerprint density at radius 3 is 2.88 bits per heavy atom. The van der Waals surface area contributed by atoms with Crippen molar-refractivity contribution in [1.82, 2.24) is 10.1 Å². The van der Waals surface area contributed by atoms with Crippen LogP contribution in [-0.2, 0) is 11.3 Å². The minimum Gasteiger partial charge on any atom is -0.461 e. The second kappa shape index (κ2) is 7.10. The topological polar surface area (TPSA) is 71.5 Å². The van der Waals surface area contributed by atoms with E-state index < -0.39 is 5.82 Å². The summed E-state index contributed by atoms with van der Waals surface area (Å²) in [5.41, 5.74) is 1.11. The zero-order valence-corrected chi connectivity index (χ0v) is 13.0. The fourth-order valence-corrected chi connectivity index (χ4v) is 2.27. The summed E-state index contributed by atoms with van der Waals surface area (Å²) >= 11 is 0. The van der Waals surface area contributed by atoms with Crippen molar-refractivity contribution in [2.75, 3.05) is 18.9 Å². The highest BCUT2D eigenvalue weighted by Gasteiger charge is 2.13. The van der Waals surface area contributed by atoms with E-state index in [1.165, 1.54) is 12.1 Å². The van der Waals surface area contributed by atoms with Gasteiger partial charge in [-0.3, -0.25) is 9.69 Å². The average Bonchev–Trinajstić information content (AvgIpc) is 3.17. The first kappa shape index (κ1) is 15.9. The van der Waals surface area contributed by atoms with Crippen molar-refractivity contribution in [2.24, 2.45) is 0 Å². The molecular weight excluding hydrogens is 313 g/mol. The third-order valence-electron chi connectivity index (χ3n) is 3.28. The lowest BCUT2D eigenvalue weighted by Crippen LogP contribution is -2.29. The normalized spacial score (nSPS) is 11.0. The SMILES string of the molecule is CN(CC(=O)Nc1cccc(F)c1)Cc1cc(-c2ccco2)on1. The molecule has 1 N–H and O–H groups in total. The molecule has 124 valence electrons. The zero-order chi connectivity index (χ0) is 16.9. The monoisotopic (exact) mass is 329 g/mol. The van der Waals surface area contributed by atoms with Crippen LogP contribution < -0.4 is 5.32 Å². The number of anilines is 1. The fraction of sp³-hybridized carbons (Fsp3) is 0.176. The smallest absolute Gasteiger partial charge is 0.238 e. The summed E-state index contributed by atoms with van der Waals surface area (Å²) in [6.45, 7) is 0.570. The van der Waals surface area contributed by atoms with Crippen LogP contribution in [0.15, 0.2) is 57.7 Å². The summed E-state index contributed by atoms with van der Waals surface area (Å²) in [5, 5.41) is 6.60. The van der Waals surface area contributed by atoms with E-state index in [-0.39, 0.29) is 12.5 Å². The van der Waals surface area contributed by atoms with Crippen LogP contribution in [0.1, 0.15) is 5.69 Å². The first-order valence-corrected chi connectivity index (χ1v) is 7.33. The lowest BCUT2D eigenvalue weighted by molar-refractivity contribution is -0.117. The van der Waals surface area contributed by atoms with Crippen LogP contribution in [0.3, 0.4) is 0 Å². The number of carbonyl (C=O) groups is 1. The standard InChI is InChI=1S/C17H16FN3O3/c1-21(11-17(22)19-13-5-2-4-12(18)8-13)10-14-9-16(24-20-14)15-6-3-7-23-15/h2-9H,10-11H2,1H3,(H,19,22). The van der Waals surface area contributed by atoms with Crippen molar-refractivity contribution in [2.45, 2.75) is 6.54 Å². The Kier molecular flexibility index (Phi) is 4.72. The molecule has 24 heavy (non-hydrogen) atoms. The van der Waals surface area contributed by atoms with Crippen LogP contribution >= 0.6 is 0 Å². The highest BCUT2D eigenvalue weighted by atomic mass is 19.1. The molecule has 3 rings (SSSR count). The number of furan rings is 1. The first-order chi connectivity index (χ1) is 11.6. The second-order valence-electron chi connectivity index (χ2n) is 5.39. The minimum absolute atomic E-state index is 0.138.